The molecule has 1 aromatic carbocycles. The molecule has 0 unspecified atom stereocenters. The molecule has 10 heteroatoms. The van der Waals surface area contributed by atoms with Crippen LogP contribution < -0.4 is 15.5 Å². The summed E-state index contributed by atoms with van der Waals surface area (Å²) in [6, 6.07) is 9.35. The highest BCUT2D eigenvalue weighted by Crippen LogP contribution is 2.23. The number of amides is 1. The Kier molecular flexibility index (Phi) is 7.68. The van der Waals surface area contributed by atoms with Crippen LogP contribution in [0.3, 0.4) is 0 Å². The molecule has 1 aliphatic rings. The summed E-state index contributed by atoms with van der Waals surface area (Å²) in [5, 5.41) is 6.16. The lowest BCUT2D eigenvalue weighted by Gasteiger charge is -2.29. The summed E-state index contributed by atoms with van der Waals surface area (Å²) in [4.78, 5) is 23.8. The monoisotopic (exact) mass is 460 g/mol. The van der Waals surface area contributed by atoms with Crippen LogP contribution in [0.2, 0.25) is 0 Å². The van der Waals surface area contributed by atoms with E-state index >= 15 is 0 Å². The van der Waals surface area contributed by atoms with E-state index in [0.717, 1.165) is 30.3 Å². The molecule has 0 saturated carbocycles. The second-order valence-electron chi connectivity index (χ2n) is 7.99. The minimum absolute atomic E-state index is 0.0789. The predicted molar refractivity (Wildman–Crippen MR) is 128 cm³/mol. The Bertz CT molecular complexity index is 1030. The zero-order valence-corrected chi connectivity index (χ0v) is 19.9. The van der Waals surface area contributed by atoms with Crippen molar-refractivity contribution in [2.24, 2.45) is 5.92 Å². The van der Waals surface area contributed by atoms with Gasteiger partial charge in [0.2, 0.25) is 21.9 Å². The second-order valence-corrected chi connectivity index (χ2v) is 9.97. The maximum Gasteiger partial charge on any atom is 0.229 e. The van der Waals surface area contributed by atoms with Crippen molar-refractivity contribution in [1.29, 1.82) is 0 Å². The van der Waals surface area contributed by atoms with Crippen molar-refractivity contribution >= 4 is 39.1 Å². The third-order valence-electron chi connectivity index (χ3n) is 5.63. The third-order valence-corrected chi connectivity index (χ3v) is 6.93. The molecule has 2 N–H and O–H groups in total. The van der Waals surface area contributed by atoms with Crippen LogP contribution in [0, 0.1) is 12.8 Å². The summed E-state index contributed by atoms with van der Waals surface area (Å²) >= 11 is 0. The number of anilines is 4. The van der Waals surface area contributed by atoms with E-state index < -0.39 is 10.0 Å². The zero-order valence-electron chi connectivity index (χ0n) is 19.1. The molecule has 9 nitrogen and oxygen atoms in total. The van der Waals surface area contributed by atoms with Crippen LogP contribution in [0.1, 0.15) is 32.4 Å². The van der Waals surface area contributed by atoms with Gasteiger partial charge in [0, 0.05) is 55.2 Å². The van der Waals surface area contributed by atoms with Crippen LogP contribution in [0.25, 0.3) is 0 Å². The molecule has 0 atom stereocenters. The normalized spacial score (nSPS) is 15.4. The molecule has 1 amide bonds. The van der Waals surface area contributed by atoms with Crippen LogP contribution in [0.4, 0.5) is 23.1 Å². The van der Waals surface area contributed by atoms with Crippen LogP contribution in [0.5, 0.6) is 0 Å². The maximum absolute atomic E-state index is 12.6. The van der Waals surface area contributed by atoms with E-state index in [1.165, 1.54) is 10.6 Å². The fraction of sp³-hybridized carbons (Fsp3) is 0.500. The number of aromatic nitrogens is 2. The van der Waals surface area contributed by atoms with Gasteiger partial charge in [-0.1, -0.05) is 0 Å². The van der Waals surface area contributed by atoms with Crippen molar-refractivity contribution in [3.05, 3.63) is 36.0 Å². The Morgan fingerprint density at radius 2 is 1.69 bits per heavy atom. The first-order chi connectivity index (χ1) is 15.2. The van der Waals surface area contributed by atoms with Gasteiger partial charge >= 0.3 is 0 Å². The molecular formula is C22H32N6O3S. The smallest absolute Gasteiger partial charge is 0.229 e. The maximum atomic E-state index is 12.6. The topological polar surface area (TPSA) is 108 Å². The second kappa shape index (κ2) is 10.3. The summed E-state index contributed by atoms with van der Waals surface area (Å²) in [5.74, 6) is 1.15. The van der Waals surface area contributed by atoms with Gasteiger partial charge in [-0.3, -0.25) is 4.79 Å². The molecule has 0 aliphatic carbocycles. The molecule has 0 bridgehead atoms. The number of benzene rings is 1. The summed E-state index contributed by atoms with van der Waals surface area (Å²) in [6.07, 6.45) is 2.26. The van der Waals surface area contributed by atoms with E-state index in [1.54, 1.807) is 0 Å². The standard InChI is InChI=1S/C22H32N6O3S/c1-5-27(6-2)20-15-16(3)23-22(26-20)25-19-9-7-18(8-10-19)24-21(29)17-11-13-28(14-12-17)32(4,30)31/h7-10,15,17H,5-6,11-14H2,1-4H3,(H,24,29)(H,23,25,26). The van der Waals surface area contributed by atoms with Crippen LogP contribution in [-0.4, -0.2) is 61.0 Å². The lowest BCUT2D eigenvalue weighted by atomic mass is 9.97. The van der Waals surface area contributed by atoms with Gasteiger partial charge < -0.3 is 15.5 Å². The van der Waals surface area contributed by atoms with Gasteiger partial charge in [0.15, 0.2) is 0 Å². The molecule has 32 heavy (non-hydrogen) atoms. The Morgan fingerprint density at radius 3 is 2.25 bits per heavy atom. The molecule has 0 spiro atoms. The Morgan fingerprint density at radius 1 is 1.09 bits per heavy atom. The number of hydrogen-bond donors (Lipinski definition) is 2. The van der Waals surface area contributed by atoms with Crippen LogP contribution >= 0.6 is 0 Å². The first kappa shape index (κ1) is 23.9. The molecule has 1 fully saturated rings. The Balaban J connectivity index is 1.59. The fourth-order valence-corrected chi connectivity index (χ4v) is 4.65. The largest absolute Gasteiger partial charge is 0.357 e. The Labute approximate surface area is 190 Å². The average Bonchev–Trinajstić information content (AvgIpc) is 2.75. The van der Waals surface area contributed by atoms with Crippen molar-refractivity contribution in [3.8, 4) is 0 Å². The van der Waals surface area contributed by atoms with E-state index in [2.05, 4.69) is 39.3 Å². The van der Waals surface area contributed by atoms with Crippen molar-refractivity contribution < 1.29 is 13.2 Å². The number of nitrogens with zero attached hydrogens (tertiary/aromatic N) is 4. The zero-order chi connectivity index (χ0) is 23.3. The van der Waals surface area contributed by atoms with Crippen molar-refractivity contribution in [1.82, 2.24) is 14.3 Å². The molecule has 1 aliphatic heterocycles. The average molecular weight is 461 g/mol. The molecule has 1 aromatic heterocycles. The number of nitrogens with one attached hydrogen (secondary N) is 2. The van der Waals surface area contributed by atoms with E-state index in [1.807, 2.05) is 37.3 Å². The number of piperidine rings is 1. The lowest BCUT2D eigenvalue weighted by molar-refractivity contribution is -0.120. The minimum atomic E-state index is -3.20. The van der Waals surface area contributed by atoms with Crippen LogP contribution in [0.15, 0.2) is 30.3 Å². The van der Waals surface area contributed by atoms with Gasteiger partial charge in [-0.05, 0) is 57.9 Å². The van der Waals surface area contributed by atoms with E-state index in [0.29, 0.717) is 37.6 Å². The van der Waals surface area contributed by atoms with Crippen molar-refractivity contribution in [3.63, 3.8) is 0 Å². The number of sulfonamides is 1. The van der Waals surface area contributed by atoms with E-state index in [9.17, 15) is 13.2 Å². The highest BCUT2D eigenvalue weighted by molar-refractivity contribution is 7.88. The summed E-state index contributed by atoms with van der Waals surface area (Å²) in [5.41, 5.74) is 2.40. The first-order valence-corrected chi connectivity index (χ1v) is 12.8. The Hall–Kier alpha value is -2.72. The van der Waals surface area contributed by atoms with Gasteiger partial charge in [0.1, 0.15) is 5.82 Å². The number of carbonyl (C=O) groups is 1. The molecule has 2 heterocycles. The summed E-state index contributed by atoms with van der Waals surface area (Å²) in [6.45, 7) is 8.63. The van der Waals surface area contributed by atoms with Gasteiger partial charge in [-0.15, -0.1) is 0 Å². The number of aryl methyl sites for hydroxylation is 1. The minimum Gasteiger partial charge on any atom is -0.357 e. The predicted octanol–water partition coefficient (Wildman–Crippen LogP) is 2.98. The van der Waals surface area contributed by atoms with E-state index in [-0.39, 0.29) is 11.8 Å². The van der Waals surface area contributed by atoms with Crippen molar-refractivity contribution in [2.75, 3.05) is 48.0 Å². The number of carbonyl (C=O) groups excluding carboxylic acids is 1. The molecule has 174 valence electrons. The fourth-order valence-electron chi connectivity index (χ4n) is 3.78. The quantitative estimate of drug-likeness (QED) is 0.623. The van der Waals surface area contributed by atoms with Gasteiger partial charge in [0.25, 0.3) is 0 Å². The summed E-state index contributed by atoms with van der Waals surface area (Å²) < 4.78 is 24.7. The molecule has 3 rings (SSSR count). The number of hydrogen-bond acceptors (Lipinski definition) is 7. The van der Waals surface area contributed by atoms with E-state index in [4.69, 9.17) is 0 Å². The lowest BCUT2D eigenvalue weighted by Crippen LogP contribution is -2.40. The molecular weight excluding hydrogens is 428 g/mol. The highest BCUT2D eigenvalue weighted by atomic mass is 32.2. The van der Waals surface area contributed by atoms with Gasteiger partial charge in [-0.2, -0.15) is 4.98 Å². The van der Waals surface area contributed by atoms with Gasteiger partial charge in [-0.25, -0.2) is 17.7 Å². The third kappa shape index (κ3) is 6.17. The van der Waals surface area contributed by atoms with Gasteiger partial charge in [0.05, 0.1) is 6.26 Å². The molecule has 2 aromatic rings. The molecule has 0 radical (unpaired) electrons. The summed E-state index contributed by atoms with van der Waals surface area (Å²) in [7, 11) is -3.20. The SMILES string of the molecule is CCN(CC)c1cc(C)nc(Nc2ccc(NC(=O)C3CCN(S(C)(=O)=O)CC3)cc2)n1. The van der Waals surface area contributed by atoms with Crippen LogP contribution in [-0.2, 0) is 14.8 Å². The first-order valence-electron chi connectivity index (χ1n) is 10.9. The number of rotatable bonds is 8. The highest BCUT2D eigenvalue weighted by Gasteiger charge is 2.28. The van der Waals surface area contributed by atoms with Crippen molar-refractivity contribution in [2.45, 2.75) is 33.6 Å². The molecule has 1 saturated heterocycles.